The molecule has 0 radical (unpaired) electrons. The first kappa shape index (κ1) is 36.1. The van der Waals surface area contributed by atoms with Gasteiger partial charge in [-0.25, -0.2) is 18.4 Å². The van der Waals surface area contributed by atoms with Crippen LogP contribution in [0.3, 0.4) is 0 Å². The molecule has 0 atom stereocenters. The van der Waals surface area contributed by atoms with Crippen LogP contribution in [0.2, 0.25) is 0 Å². The maximum Gasteiger partial charge on any atom is 0.338 e. The summed E-state index contributed by atoms with van der Waals surface area (Å²) >= 11 is 6.98. The number of aliphatic carboxylic acids is 2. The van der Waals surface area contributed by atoms with E-state index in [0.29, 0.717) is 32.0 Å². The summed E-state index contributed by atoms with van der Waals surface area (Å²) in [4.78, 5) is 54.1. The van der Waals surface area contributed by atoms with E-state index in [1.807, 2.05) is 36.4 Å². The minimum Gasteiger partial charge on any atom is -0.481 e. The lowest BCUT2D eigenvalue weighted by Crippen LogP contribution is -1.99. The van der Waals surface area contributed by atoms with Gasteiger partial charge in [0.05, 0.1) is 24.0 Å². The van der Waals surface area contributed by atoms with Crippen LogP contribution in [0.25, 0.3) is 59.9 Å². The Bertz CT molecular complexity index is 2410. The van der Waals surface area contributed by atoms with Crippen molar-refractivity contribution in [1.82, 2.24) is 0 Å². The number of carboxylic acid groups (broad SMARTS) is 4. The fourth-order valence-electron chi connectivity index (χ4n) is 5.62. The Labute approximate surface area is 318 Å². The first-order valence-electron chi connectivity index (χ1n) is 15.4. The van der Waals surface area contributed by atoms with Crippen molar-refractivity contribution in [3.05, 3.63) is 119 Å². The van der Waals surface area contributed by atoms with Crippen molar-refractivity contribution >= 4 is 80.6 Å². The second-order valence-electron chi connectivity index (χ2n) is 11.6. The third-order valence-corrected chi connectivity index (χ3v) is 14.5. The molecule has 0 saturated carbocycles. The van der Waals surface area contributed by atoms with Crippen molar-refractivity contribution < 1.29 is 48.4 Å². The smallest absolute Gasteiger partial charge is 0.338 e. The van der Waals surface area contributed by atoms with Crippen LogP contribution in [0.5, 0.6) is 0 Å². The number of rotatable bonds is 12. The Balaban J connectivity index is 1.20. The second-order valence-corrected chi connectivity index (χ2v) is 16.9. The maximum atomic E-state index is 14.4. The van der Waals surface area contributed by atoms with Crippen LogP contribution in [0.1, 0.15) is 31.8 Å². The van der Waals surface area contributed by atoms with E-state index in [2.05, 4.69) is 0 Å². The predicted molar refractivity (Wildman–Crippen MR) is 205 cm³/mol. The number of benzene rings is 2. The van der Waals surface area contributed by atoms with E-state index in [9.17, 15) is 38.2 Å². The molecule has 0 bridgehead atoms. The number of halogens is 2. The molecule has 5 heterocycles. The lowest BCUT2D eigenvalue weighted by molar-refractivity contribution is -0.137. The predicted octanol–water partition coefficient (Wildman–Crippen LogP) is 10.9. The number of carboxylic acids is 4. The Morgan fingerprint density at radius 3 is 1.15 bits per heavy atom. The van der Waals surface area contributed by atoms with Gasteiger partial charge in [0.15, 0.2) is 0 Å². The Hall–Kier alpha value is -5.32. The number of carbonyl (C=O) groups is 4. The standard InChI is InChI=1S/C38H22F2O8S5/c39-23-11-17(1-3-21(23)37(45)46)25-5-7-27(49-25)31-13-19(15-33(41)42)35(52-31)29-9-10-30(51-29)36-20(16-34(43)44)14-32(53-36)28-8-6-26(50-28)18-2-4-22(38(47)48)24(40)12-18/h1-14H,15-16H2,(H,41,42)(H,43,44)(H,45,46)(H,47,48). The van der Waals surface area contributed by atoms with Crippen LogP contribution in [-0.2, 0) is 22.4 Å². The number of hydrogen-bond donors (Lipinski definition) is 4. The van der Waals surface area contributed by atoms with Gasteiger partial charge in [0, 0.05) is 48.8 Å². The third-order valence-electron chi connectivity index (χ3n) is 8.02. The van der Waals surface area contributed by atoms with Gasteiger partial charge in [0.2, 0.25) is 0 Å². The molecular weight excluding hydrogens is 783 g/mol. The summed E-state index contributed by atoms with van der Waals surface area (Å²) in [7, 11) is 0. The topological polar surface area (TPSA) is 149 Å². The van der Waals surface area contributed by atoms with Crippen molar-refractivity contribution in [2.45, 2.75) is 12.8 Å². The quantitative estimate of drug-likeness (QED) is 0.0953. The number of thiophene rings is 5. The molecule has 0 aliphatic rings. The van der Waals surface area contributed by atoms with Gasteiger partial charge in [-0.3, -0.25) is 9.59 Å². The molecule has 8 nitrogen and oxygen atoms in total. The molecule has 266 valence electrons. The number of aromatic carboxylic acids is 2. The van der Waals surface area contributed by atoms with Gasteiger partial charge in [-0.05, 0) is 95.1 Å². The van der Waals surface area contributed by atoms with Gasteiger partial charge >= 0.3 is 23.9 Å². The average molecular weight is 805 g/mol. The molecule has 7 rings (SSSR count). The Morgan fingerprint density at radius 2 is 0.792 bits per heavy atom. The zero-order valence-corrected chi connectivity index (χ0v) is 30.8. The normalized spacial score (nSPS) is 11.2. The highest BCUT2D eigenvalue weighted by atomic mass is 32.1. The Kier molecular flexibility index (Phi) is 9.93. The van der Waals surface area contributed by atoms with Crippen molar-refractivity contribution in [2.75, 3.05) is 0 Å². The lowest BCUT2D eigenvalue weighted by Gasteiger charge is -2.01. The second kappa shape index (κ2) is 14.6. The van der Waals surface area contributed by atoms with Crippen molar-refractivity contribution in [2.24, 2.45) is 0 Å². The fourth-order valence-corrected chi connectivity index (χ4v) is 11.4. The van der Waals surface area contributed by atoms with Crippen molar-refractivity contribution in [3.63, 3.8) is 0 Å². The van der Waals surface area contributed by atoms with E-state index in [1.165, 1.54) is 80.9 Å². The highest BCUT2D eigenvalue weighted by molar-refractivity contribution is 7.30. The van der Waals surface area contributed by atoms with Crippen molar-refractivity contribution in [3.8, 4) is 59.9 Å². The molecular formula is C38H22F2O8S5. The molecule has 0 aliphatic heterocycles. The molecule has 15 heteroatoms. The average Bonchev–Trinajstić information content (AvgIpc) is 3.93. The largest absolute Gasteiger partial charge is 0.481 e. The van der Waals surface area contributed by atoms with E-state index >= 15 is 0 Å². The third kappa shape index (κ3) is 7.47. The maximum absolute atomic E-state index is 14.4. The molecule has 5 aromatic heterocycles. The first-order valence-corrected chi connectivity index (χ1v) is 19.5. The lowest BCUT2D eigenvalue weighted by atomic mass is 10.1. The molecule has 0 aliphatic carbocycles. The summed E-state index contributed by atoms with van der Waals surface area (Å²) in [6, 6.07) is 22.6. The molecule has 7 aromatic rings. The van der Waals surface area contributed by atoms with E-state index in [-0.39, 0.29) is 12.8 Å². The molecule has 0 spiro atoms. The molecule has 53 heavy (non-hydrogen) atoms. The summed E-state index contributed by atoms with van der Waals surface area (Å²) < 4.78 is 28.8. The van der Waals surface area contributed by atoms with E-state index < -0.39 is 46.6 Å². The first-order chi connectivity index (χ1) is 25.3. The van der Waals surface area contributed by atoms with E-state index in [4.69, 9.17) is 10.2 Å². The van der Waals surface area contributed by atoms with Crippen LogP contribution >= 0.6 is 56.7 Å². The van der Waals surface area contributed by atoms with Gasteiger partial charge < -0.3 is 20.4 Å². The van der Waals surface area contributed by atoms with Crippen LogP contribution in [0.15, 0.2) is 84.9 Å². The zero-order valence-electron chi connectivity index (χ0n) is 26.7. The summed E-state index contributed by atoms with van der Waals surface area (Å²) in [5, 5.41) is 37.8. The Morgan fingerprint density at radius 1 is 0.434 bits per heavy atom. The monoisotopic (exact) mass is 804 g/mol. The molecule has 0 fully saturated rings. The summed E-state index contributed by atoms with van der Waals surface area (Å²) in [6.45, 7) is 0. The van der Waals surface area contributed by atoms with Crippen molar-refractivity contribution in [1.29, 1.82) is 0 Å². The molecule has 4 N–H and O–H groups in total. The van der Waals surface area contributed by atoms with E-state index in [0.717, 1.165) is 39.0 Å². The highest BCUT2D eigenvalue weighted by Gasteiger charge is 2.22. The summed E-state index contributed by atoms with van der Waals surface area (Å²) in [5.41, 5.74) is 1.41. The number of hydrogen-bond acceptors (Lipinski definition) is 9. The van der Waals surface area contributed by atoms with Gasteiger partial charge in [-0.15, -0.1) is 56.7 Å². The molecule has 0 unspecified atom stereocenters. The van der Waals surface area contributed by atoms with Crippen LogP contribution in [0, 0.1) is 11.6 Å². The van der Waals surface area contributed by atoms with Gasteiger partial charge in [0.1, 0.15) is 11.6 Å². The fraction of sp³-hybridized carbons (Fsp3) is 0.0526. The van der Waals surface area contributed by atoms with Gasteiger partial charge in [-0.1, -0.05) is 12.1 Å². The highest BCUT2D eigenvalue weighted by Crippen LogP contribution is 2.49. The molecule has 0 saturated heterocycles. The SMILES string of the molecule is O=C(O)Cc1cc(-c2ccc(-c3ccc(C(=O)O)c(F)c3)s2)sc1-c1ccc(-c2sc(-c3ccc(-c4ccc(C(=O)O)c(F)c4)s3)cc2CC(=O)O)s1. The van der Waals surface area contributed by atoms with Crippen LogP contribution < -0.4 is 0 Å². The summed E-state index contributed by atoms with van der Waals surface area (Å²) in [6.07, 6.45) is -0.452. The van der Waals surface area contributed by atoms with Gasteiger partial charge in [-0.2, -0.15) is 0 Å². The molecule has 2 aromatic carbocycles. The van der Waals surface area contributed by atoms with E-state index in [1.54, 1.807) is 24.3 Å². The zero-order chi connectivity index (χ0) is 37.6. The summed E-state index contributed by atoms with van der Waals surface area (Å²) in [5.74, 6) is -6.40. The van der Waals surface area contributed by atoms with Crippen LogP contribution in [0.4, 0.5) is 8.78 Å². The van der Waals surface area contributed by atoms with Crippen LogP contribution in [-0.4, -0.2) is 44.3 Å². The minimum atomic E-state index is -1.36. The van der Waals surface area contributed by atoms with Gasteiger partial charge in [0.25, 0.3) is 0 Å². The minimum absolute atomic E-state index is 0.226. The molecule has 0 amide bonds.